The van der Waals surface area contributed by atoms with Gasteiger partial charge in [0.05, 0.1) is 6.61 Å². The van der Waals surface area contributed by atoms with Crippen LogP contribution in [0.4, 0.5) is 10.8 Å². The Morgan fingerprint density at radius 1 is 1.17 bits per heavy atom. The Kier molecular flexibility index (Phi) is 5.77. The second-order valence-electron chi connectivity index (χ2n) is 5.12. The van der Waals surface area contributed by atoms with E-state index in [0.29, 0.717) is 6.61 Å². The largest absolute Gasteiger partial charge is 0.384 e. The molecule has 0 amide bonds. The summed E-state index contributed by atoms with van der Waals surface area (Å²) in [5.74, 6) is 0.808. The molecule has 1 aromatic carbocycles. The fraction of sp³-hybridized carbons (Fsp3) is 0.333. The van der Waals surface area contributed by atoms with Gasteiger partial charge in [0.2, 0.25) is 5.13 Å². The number of rotatable bonds is 7. The lowest BCUT2D eigenvalue weighted by molar-refractivity contribution is 0.200. The summed E-state index contributed by atoms with van der Waals surface area (Å²) in [6.45, 7) is 4.82. The molecule has 3 rings (SSSR count). The van der Waals surface area contributed by atoms with Gasteiger partial charge in [-0.05, 0) is 60.4 Å². The van der Waals surface area contributed by atoms with Crippen LogP contribution in [0.2, 0.25) is 0 Å². The average Bonchev–Trinajstić information content (AvgIpc) is 3.19. The van der Waals surface area contributed by atoms with E-state index in [1.54, 1.807) is 7.11 Å². The molecule has 0 saturated carbocycles. The minimum Gasteiger partial charge on any atom is -0.384 e. The van der Waals surface area contributed by atoms with E-state index < -0.39 is 0 Å². The number of ether oxygens (including phenoxy) is 1. The molecule has 0 saturated heterocycles. The van der Waals surface area contributed by atoms with Crippen molar-refractivity contribution in [1.29, 1.82) is 0 Å². The van der Waals surface area contributed by atoms with Gasteiger partial charge in [0.1, 0.15) is 5.82 Å². The predicted molar refractivity (Wildman–Crippen MR) is 98.7 cm³/mol. The fourth-order valence-corrected chi connectivity index (χ4v) is 4.53. The van der Waals surface area contributed by atoms with Gasteiger partial charge in [0.25, 0.3) is 0 Å². The number of benzene rings is 1. The fourth-order valence-electron chi connectivity index (χ4n) is 1.89. The lowest BCUT2D eigenvalue weighted by Crippen LogP contribution is -1.95. The second kappa shape index (κ2) is 8.02. The van der Waals surface area contributed by atoms with Crippen LogP contribution in [0.3, 0.4) is 0 Å². The normalized spacial score (nSPS) is 11.0. The van der Waals surface area contributed by atoms with Crippen molar-refractivity contribution in [2.45, 2.75) is 28.9 Å². The van der Waals surface area contributed by atoms with Crippen LogP contribution in [-0.2, 0) is 11.2 Å². The smallest absolute Gasteiger partial charge is 0.210 e. The first-order valence-corrected chi connectivity index (χ1v) is 9.72. The van der Waals surface area contributed by atoms with Crippen molar-refractivity contribution < 1.29 is 4.74 Å². The molecule has 0 aliphatic carbocycles. The van der Waals surface area contributed by atoms with Crippen molar-refractivity contribution in [2.24, 2.45) is 0 Å². The monoisotopic (exact) mass is 379 g/mol. The highest BCUT2D eigenvalue weighted by atomic mass is 32.2. The Hall–Kier alpha value is -1.55. The van der Waals surface area contributed by atoms with Crippen LogP contribution in [0.1, 0.15) is 17.0 Å². The number of aromatic nitrogens is 4. The molecule has 2 aromatic heterocycles. The van der Waals surface area contributed by atoms with Crippen LogP contribution in [0.5, 0.6) is 0 Å². The Morgan fingerprint density at radius 3 is 2.83 bits per heavy atom. The standard InChI is InChI=1S/C15H17N5OS3/c1-9-4-5-11(8-10(9)2)16-13-18-19-15(22-13)23-14-17-12(20-24-14)6-7-21-3/h4-5,8H,6-7H2,1-3H3,(H,16,18). The van der Waals surface area contributed by atoms with Crippen LogP contribution >= 0.6 is 34.6 Å². The minimum absolute atomic E-state index is 0.629. The zero-order valence-electron chi connectivity index (χ0n) is 13.6. The van der Waals surface area contributed by atoms with Gasteiger partial charge in [-0.3, -0.25) is 0 Å². The molecule has 9 heteroatoms. The van der Waals surface area contributed by atoms with Gasteiger partial charge in [-0.2, -0.15) is 4.37 Å². The second-order valence-corrected chi connectivity index (χ2v) is 8.34. The summed E-state index contributed by atoms with van der Waals surface area (Å²) in [4.78, 5) is 4.47. The third kappa shape index (κ3) is 4.50. The molecule has 3 aromatic rings. The van der Waals surface area contributed by atoms with E-state index >= 15 is 0 Å². The lowest BCUT2D eigenvalue weighted by atomic mass is 10.1. The van der Waals surface area contributed by atoms with E-state index in [2.05, 4.69) is 50.9 Å². The number of nitrogens with zero attached hydrogens (tertiary/aromatic N) is 4. The maximum atomic E-state index is 5.04. The van der Waals surface area contributed by atoms with Gasteiger partial charge in [0, 0.05) is 19.2 Å². The lowest BCUT2D eigenvalue weighted by Gasteiger charge is -2.05. The molecule has 0 aliphatic rings. The van der Waals surface area contributed by atoms with E-state index in [-0.39, 0.29) is 0 Å². The van der Waals surface area contributed by atoms with Crippen molar-refractivity contribution in [3.8, 4) is 0 Å². The number of hydrogen-bond acceptors (Lipinski definition) is 9. The van der Waals surface area contributed by atoms with Crippen LogP contribution < -0.4 is 5.32 Å². The molecule has 6 nitrogen and oxygen atoms in total. The molecular formula is C15H17N5OS3. The Bertz CT molecular complexity index is 817. The molecule has 0 bridgehead atoms. The minimum atomic E-state index is 0.629. The van der Waals surface area contributed by atoms with Crippen LogP contribution in [-0.4, -0.2) is 33.3 Å². The van der Waals surface area contributed by atoms with Crippen LogP contribution in [0.15, 0.2) is 26.9 Å². The van der Waals surface area contributed by atoms with Crippen molar-refractivity contribution in [1.82, 2.24) is 19.6 Å². The Morgan fingerprint density at radius 2 is 2.04 bits per heavy atom. The average molecular weight is 380 g/mol. The van der Waals surface area contributed by atoms with E-state index in [1.807, 2.05) is 6.07 Å². The molecule has 0 fully saturated rings. The van der Waals surface area contributed by atoms with Crippen LogP contribution in [0.25, 0.3) is 0 Å². The first-order valence-electron chi connectivity index (χ1n) is 7.31. The molecule has 0 radical (unpaired) electrons. The zero-order valence-corrected chi connectivity index (χ0v) is 16.0. The third-order valence-electron chi connectivity index (χ3n) is 3.32. The maximum absolute atomic E-state index is 5.04. The molecule has 0 atom stereocenters. The molecule has 1 N–H and O–H groups in total. The van der Waals surface area contributed by atoms with E-state index in [4.69, 9.17) is 4.74 Å². The highest BCUT2D eigenvalue weighted by Gasteiger charge is 2.11. The van der Waals surface area contributed by atoms with Gasteiger partial charge < -0.3 is 10.1 Å². The van der Waals surface area contributed by atoms with Crippen molar-refractivity contribution in [3.63, 3.8) is 0 Å². The zero-order chi connectivity index (χ0) is 16.9. The molecular weight excluding hydrogens is 362 g/mol. The van der Waals surface area contributed by atoms with Crippen LogP contribution in [0, 0.1) is 13.8 Å². The molecule has 2 heterocycles. The Balaban J connectivity index is 1.62. The summed E-state index contributed by atoms with van der Waals surface area (Å²) in [6.07, 6.45) is 0.725. The summed E-state index contributed by atoms with van der Waals surface area (Å²) in [5.41, 5.74) is 3.54. The summed E-state index contributed by atoms with van der Waals surface area (Å²) >= 11 is 4.37. The summed E-state index contributed by atoms with van der Waals surface area (Å²) in [5, 5.41) is 12.5. The van der Waals surface area contributed by atoms with Gasteiger partial charge in [0.15, 0.2) is 8.68 Å². The molecule has 24 heavy (non-hydrogen) atoms. The Labute approximate surface area is 152 Å². The number of nitrogens with one attached hydrogen (secondary N) is 1. The number of aryl methyl sites for hydroxylation is 2. The van der Waals surface area contributed by atoms with Crippen molar-refractivity contribution in [2.75, 3.05) is 19.0 Å². The van der Waals surface area contributed by atoms with Gasteiger partial charge in [-0.25, -0.2) is 4.98 Å². The highest BCUT2D eigenvalue weighted by Crippen LogP contribution is 2.33. The molecule has 0 unspecified atom stereocenters. The topological polar surface area (TPSA) is 72.8 Å². The van der Waals surface area contributed by atoms with Gasteiger partial charge >= 0.3 is 0 Å². The molecule has 126 valence electrons. The predicted octanol–water partition coefficient (Wildman–Crippen LogP) is 4.09. The van der Waals surface area contributed by atoms with Gasteiger partial charge in [-0.15, -0.1) is 10.2 Å². The molecule has 0 spiro atoms. The maximum Gasteiger partial charge on any atom is 0.210 e. The van der Waals surface area contributed by atoms with Gasteiger partial charge in [-0.1, -0.05) is 17.4 Å². The van der Waals surface area contributed by atoms with E-state index in [9.17, 15) is 0 Å². The number of hydrogen-bond donors (Lipinski definition) is 1. The summed E-state index contributed by atoms with van der Waals surface area (Å²) in [6, 6.07) is 6.25. The van der Waals surface area contributed by atoms with Crippen molar-refractivity contribution >= 4 is 45.5 Å². The summed E-state index contributed by atoms with van der Waals surface area (Å²) < 4.78 is 11.1. The third-order valence-corrected chi connectivity index (χ3v) is 6.00. The number of methoxy groups -OCH3 is 1. The highest BCUT2D eigenvalue weighted by molar-refractivity contribution is 8.02. The van der Waals surface area contributed by atoms with Crippen molar-refractivity contribution in [3.05, 3.63) is 35.2 Å². The quantitative estimate of drug-likeness (QED) is 0.663. The SMILES string of the molecule is COCCc1nsc(Sc2nnc(Nc3ccc(C)c(C)c3)s2)n1. The van der Waals surface area contributed by atoms with E-state index in [1.165, 1.54) is 45.8 Å². The first-order chi connectivity index (χ1) is 11.6. The molecule has 0 aliphatic heterocycles. The first kappa shape index (κ1) is 17.3. The summed E-state index contributed by atoms with van der Waals surface area (Å²) in [7, 11) is 1.67. The van der Waals surface area contributed by atoms with E-state index in [0.717, 1.165) is 31.7 Å². The number of anilines is 2.